The van der Waals surface area contributed by atoms with Gasteiger partial charge in [-0.15, -0.1) is 0 Å². The Hall–Kier alpha value is -3.33. The second kappa shape index (κ2) is 9.23. The number of rotatable bonds is 7. The fourth-order valence-corrected chi connectivity index (χ4v) is 2.12. The second-order valence-corrected chi connectivity index (χ2v) is 5.60. The van der Waals surface area contributed by atoms with Gasteiger partial charge in [0, 0.05) is 5.69 Å². The maximum absolute atomic E-state index is 12.1. The fraction of sp³-hybridized carbons (Fsp3) is 0.250. The molecule has 0 saturated heterocycles. The van der Waals surface area contributed by atoms with E-state index in [0.29, 0.717) is 17.0 Å². The molecule has 0 aliphatic rings. The van der Waals surface area contributed by atoms with Crippen molar-refractivity contribution in [3.05, 3.63) is 59.7 Å². The second-order valence-electron chi connectivity index (χ2n) is 5.60. The van der Waals surface area contributed by atoms with E-state index in [4.69, 9.17) is 14.7 Å². The van der Waals surface area contributed by atoms with Gasteiger partial charge in [-0.05, 0) is 55.3 Å². The molecule has 0 saturated carbocycles. The first-order chi connectivity index (χ1) is 12.5. The highest BCUT2D eigenvalue weighted by Gasteiger charge is 2.18. The maximum atomic E-state index is 12.1. The summed E-state index contributed by atoms with van der Waals surface area (Å²) in [4.78, 5) is 23.9. The average molecular weight is 352 g/mol. The predicted octanol–water partition coefficient (Wildman–Crippen LogP) is 3.07. The molecular formula is C20H20N2O4. The summed E-state index contributed by atoms with van der Waals surface area (Å²) in [6, 6.07) is 15.8. The number of hydrogen-bond acceptors (Lipinski definition) is 5. The van der Waals surface area contributed by atoms with Gasteiger partial charge in [0.25, 0.3) is 5.91 Å². The van der Waals surface area contributed by atoms with Gasteiger partial charge in [0.05, 0.1) is 11.6 Å². The zero-order chi connectivity index (χ0) is 18.9. The zero-order valence-electron chi connectivity index (χ0n) is 14.7. The Labute approximate surface area is 152 Å². The lowest BCUT2D eigenvalue weighted by molar-refractivity contribution is -0.155. The number of benzene rings is 2. The van der Waals surface area contributed by atoms with Crippen LogP contribution in [-0.2, 0) is 20.7 Å². The summed E-state index contributed by atoms with van der Waals surface area (Å²) in [5.41, 5.74) is 2.31. The van der Waals surface area contributed by atoms with Crippen LogP contribution in [-0.4, -0.2) is 24.6 Å². The monoisotopic (exact) mass is 352 g/mol. The van der Waals surface area contributed by atoms with Crippen molar-refractivity contribution in [3.8, 4) is 11.8 Å². The summed E-state index contributed by atoms with van der Waals surface area (Å²) in [5.74, 6) is -0.631. The molecule has 0 fully saturated rings. The molecule has 0 spiro atoms. The molecule has 134 valence electrons. The summed E-state index contributed by atoms with van der Waals surface area (Å²) in [6.45, 7) is 3.22. The van der Waals surface area contributed by atoms with Crippen molar-refractivity contribution in [2.75, 3.05) is 11.9 Å². The molecule has 6 heteroatoms. The number of aryl methyl sites for hydroxylation is 1. The maximum Gasteiger partial charge on any atom is 0.344 e. The number of hydrogen-bond donors (Lipinski definition) is 1. The van der Waals surface area contributed by atoms with Gasteiger partial charge in [-0.2, -0.15) is 5.26 Å². The van der Waals surface area contributed by atoms with Gasteiger partial charge in [0.2, 0.25) is 0 Å². The summed E-state index contributed by atoms with van der Waals surface area (Å²) in [6.07, 6.45) is -0.0282. The fourth-order valence-electron chi connectivity index (χ4n) is 2.12. The Morgan fingerprint density at radius 3 is 2.35 bits per heavy atom. The molecule has 1 atom stereocenters. The predicted molar refractivity (Wildman–Crippen MR) is 96.7 cm³/mol. The Balaban J connectivity index is 1.79. The molecule has 0 bridgehead atoms. The van der Waals surface area contributed by atoms with E-state index in [1.807, 2.05) is 18.2 Å². The third-order valence-corrected chi connectivity index (χ3v) is 3.65. The normalized spacial score (nSPS) is 11.1. The van der Waals surface area contributed by atoms with Gasteiger partial charge in [-0.3, -0.25) is 4.79 Å². The summed E-state index contributed by atoms with van der Waals surface area (Å²) < 4.78 is 10.3. The largest absolute Gasteiger partial charge is 0.482 e. The third kappa shape index (κ3) is 5.64. The standard InChI is InChI=1S/C20H20N2O4/c1-3-15-4-8-17(9-5-15)22-20(24)14(2)26-19(23)13-25-18-10-6-16(12-21)7-11-18/h4-11,14H,3,13H2,1-2H3,(H,22,24)/t14-/m0/s1. The molecule has 0 aliphatic carbocycles. The molecule has 6 nitrogen and oxygen atoms in total. The lowest BCUT2D eigenvalue weighted by Gasteiger charge is -2.14. The highest BCUT2D eigenvalue weighted by Crippen LogP contribution is 2.12. The molecule has 0 unspecified atom stereocenters. The van der Waals surface area contributed by atoms with Crippen molar-refractivity contribution in [1.82, 2.24) is 0 Å². The topological polar surface area (TPSA) is 88.4 Å². The number of anilines is 1. The smallest absolute Gasteiger partial charge is 0.344 e. The van der Waals surface area contributed by atoms with E-state index in [1.54, 1.807) is 36.4 Å². The van der Waals surface area contributed by atoms with Crippen LogP contribution >= 0.6 is 0 Å². The Kier molecular flexibility index (Phi) is 6.75. The van der Waals surface area contributed by atoms with Crippen molar-refractivity contribution in [2.45, 2.75) is 26.4 Å². The molecule has 2 rings (SSSR count). The number of carbonyl (C=O) groups is 2. The minimum absolute atomic E-state index is 0.325. The molecule has 2 aromatic carbocycles. The van der Waals surface area contributed by atoms with E-state index in [1.165, 1.54) is 12.5 Å². The number of nitrogens with zero attached hydrogens (tertiary/aromatic N) is 1. The highest BCUT2D eigenvalue weighted by molar-refractivity contribution is 5.95. The average Bonchev–Trinajstić information content (AvgIpc) is 2.67. The number of ether oxygens (including phenoxy) is 2. The number of nitriles is 1. The van der Waals surface area contributed by atoms with E-state index >= 15 is 0 Å². The first-order valence-electron chi connectivity index (χ1n) is 8.24. The van der Waals surface area contributed by atoms with Gasteiger partial charge in [-0.1, -0.05) is 19.1 Å². The van der Waals surface area contributed by atoms with Crippen LogP contribution in [0.25, 0.3) is 0 Å². The SMILES string of the molecule is CCc1ccc(NC(=O)[C@H](C)OC(=O)COc2ccc(C#N)cc2)cc1. The molecule has 1 N–H and O–H groups in total. The van der Waals surface area contributed by atoms with Crippen molar-refractivity contribution in [3.63, 3.8) is 0 Å². The van der Waals surface area contributed by atoms with Crippen LogP contribution < -0.4 is 10.1 Å². The Morgan fingerprint density at radius 1 is 1.12 bits per heavy atom. The summed E-state index contributed by atoms with van der Waals surface area (Å²) in [5, 5.41) is 11.4. The molecular weight excluding hydrogens is 332 g/mol. The zero-order valence-corrected chi connectivity index (χ0v) is 14.7. The first-order valence-corrected chi connectivity index (χ1v) is 8.24. The Morgan fingerprint density at radius 2 is 1.77 bits per heavy atom. The number of carbonyl (C=O) groups excluding carboxylic acids is 2. The third-order valence-electron chi connectivity index (χ3n) is 3.65. The van der Waals surface area contributed by atoms with Crippen LogP contribution in [0.2, 0.25) is 0 Å². The lowest BCUT2D eigenvalue weighted by Crippen LogP contribution is -2.31. The quantitative estimate of drug-likeness (QED) is 0.774. The van der Waals surface area contributed by atoms with Gasteiger partial charge >= 0.3 is 5.97 Å². The van der Waals surface area contributed by atoms with Crippen LogP contribution in [0.5, 0.6) is 5.75 Å². The molecule has 26 heavy (non-hydrogen) atoms. The number of amides is 1. The van der Waals surface area contributed by atoms with E-state index in [2.05, 4.69) is 12.2 Å². The van der Waals surface area contributed by atoms with Crippen LogP contribution in [0.15, 0.2) is 48.5 Å². The van der Waals surface area contributed by atoms with Crippen LogP contribution in [0.3, 0.4) is 0 Å². The van der Waals surface area contributed by atoms with E-state index in [-0.39, 0.29) is 6.61 Å². The van der Waals surface area contributed by atoms with Gasteiger partial charge < -0.3 is 14.8 Å². The lowest BCUT2D eigenvalue weighted by atomic mass is 10.1. The van der Waals surface area contributed by atoms with Crippen molar-refractivity contribution >= 4 is 17.6 Å². The molecule has 0 aliphatic heterocycles. The van der Waals surface area contributed by atoms with Crippen molar-refractivity contribution < 1.29 is 19.1 Å². The van der Waals surface area contributed by atoms with Crippen molar-refractivity contribution in [1.29, 1.82) is 5.26 Å². The van der Waals surface area contributed by atoms with Crippen LogP contribution in [0, 0.1) is 11.3 Å². The molecule has 0 heterocycles. The summed E-state index contributed by atoms with van der Waals surface area (Å²) in [7, 11) is 0. The number of esters is 1. The van der Waals surface area contributed by atoms with Gasteiger partial charge in [0.15, 0.2) is 12.7 Å². The summed E-state index contributed by atoms with van der Waals surface area (Å²) >= 11 is 0. The highest BCUT2D eigenvalue weighted by atomic mass is 16.6. The van der Waals surface area contributed by atoms with E-state index in [0.717, 1.165) is 6.42 Å². The van der Waals surface area contributed by atoms with E-state index < -0.39 is 18.0 Å². The van der Waals surface area contributed by atoms with E-state index in [9.17, 15) is 9.59 Å². The molecule has 1 amide bonds. The molecule has 0 aromatic heterocycles. The molecule has 2 aromatic rings. The minimum Gasteiger partial charge on any atom is -0.482 e. The van der Waals surface area contributed by atoms with Gasteiger partial charge in [0.1, 0.15) is 5.75 Å². The van der Waals surface area contributed by atoms with Crippen LogP contribution in [0.1, 0.15) is 25.0 Å². The minimum atomic E-state index is -0.946. The van der Waals surface area contributed by atoms with Crippen LogP contribution in [0.4, 0.5) is 5.69 Å². The van der Waals surface area contributed by atoms with Crippen molar-refractivity contribution in [2.24, 2.45) is 0 Å². The first kappa shape index (κ1) is 19.0. The van der Waals surface area contributed by atoms with Gasteiger partial charge in [-0.25, -0.2) is 4.79 Å². The number of nitrogens with one attached hydrogen (secondary N) is 1. The molecule has 0 radical (unpaired) electrons. The Bertz CT molecular complexity index is 792.